The molecule has 1 aromatic rings. The summed E-state index contributed by atoms with van der Waals surface area (Å²) in [5.41, 5.74) is 6.16. The summed E-state index contributed by atoms with van der Waals surface area (Å²) in [6.07, 6.45) is 4.60. The summed E-state index contributed by atoms with van der Waals surface area (Å²) in [5.74, 6) is 0. The van der Waals surface area contributed by atoms with Crippen molar-refractivity contribution < 1.29 is 0 Å². The van der Waals surface area contributed by atoms with Gasteiger partial charge in [0.25, 0.3) is 0 Å². The normalized spacial score (nSPS) is 9.89. The number of anilines is 1. The van der Waals surface area contributed by atoms with Gasteiger partial charge in [-0.1, -0.05) is 6.92 Å². The highest BCUT2D eigenvalue weighted by Crippen LogP contribution is 1.97. The molecule has 0 aliphatic heterocycles. The quantitative estimate of drug-likeness (QED) is 0.637. The van der Waals surface area contributed by atoms with Crippen molar-refractivity contribution in [1.29, 1.82) is 0 Å². The van der Waals surface area contributed by atoms with Crippen LogP contribution in [0, 0.1) is 0 Å². The van der Waals surface area contributed by atoms with E-state index in [2.05, 4.69) is 12.0 Å². The summed E-state index contributed by atoms with van der Waals surface area (Å²) in [6.45, 7) is 3.06. The van der Waals surface area contributed by atoms with Crippen molar-refractivity contribution in [1.82, 2.24) is 9.78 Å². The lowest BCUT2D eigenvalue weighted by Crippen LogP contribution is -1.95. The van der Waals surface area contributed by atoms with Crippen molar-refractivity contribution >= 4 is 5.69 Å². The van der Waals surface area contributed by atoms with Gasteiger partial charge in [-0.25, -0.2) is 0 Å². The summed E-state index contributed by atoms with van der Waals surface area (Å²) in [4.78, 5) is 0. The topological polar surface area (TPSA) is 43.8 Å². The minimum absolute atomic E-state index is 0.739. The lowest BCUT2D eigenvalue weighted by Gasteiger charge is -1.93. The average molecular weight is 125 g/mol. The fourth-order valence-corrected chi connectivity index (χ4v) is 0.731. The first kappa shape index (κ1) is 6.13. The van der Waals surface area contributed by atoms with Crippen LogP contribution in [0.2, 0.25) is 0 Å². The predicted octanol–water partition coefficient (Wildman–Crippen LogP) is 0.875. The molecule has 0 amide bonds. The van der Waals surface area contributed by atoms with Crippen LogP contribution in [-0.2, 0) is 6.54 Å². The van der Waals surface area contributed by atoms with Crippen LogP contribution >= 0.6 is 0 Å². The highest BCUT2D eigenvalue weighted by atomic mass is 15.3. The molecule has 0 unspecified atom stereocenters. The summed E-state index contributed by atoms with van der Waals surface area (Å²) in [7, 11) is 0. The molecule has 0 bridgehead atoms. The van der Waals surface area contributed by atoms with Crippen molar-refractivity contribution in [2.24, 2.45) is 0 Å². The molecular weight excluding hydrogens is 114 g/mol. The summed E-state index contributed by atoms with van der Waals surface area (Å²) in [6, 6.07) is 0. The second kappa shape index (κ2) is 2.53. The molecule has 1 aromatic heterocycles. The molecule has 1 heterocycles. The van der Waals surface area contributed by atoms with Crippen LogP contribution in [0.4, 0.5) is 5.69 Å². The minimum Gasteiger partial charge on any atom is -0.396 e. The van der Waals surface area contributed by atoms with Crippen LogP contribution in [0.15, 0.2) is 12.4 Å². The second-order valence-electron chi connectivity index (χ2n) is 2.04. The van der Waals surface area contributed by atoms with E-state index in [4.69, 9.17) is 5.73 Å². The molecular formula is C6H11N3. The number of aromatic nitrogens is 2. The van der Waals surface area contributed by atoms with Crippen molar-refractivity contribution in [3.05, 3.63) is 12.4 Å². The largest absolute Gasteiger partial charge is 0.396 e. The molecule has 0 fully saturated rings. The molecule has 0 saturated carbocycles. The van der Waals surface area contributed by atoms with Gasteiger partial charge in [0, 0.05) is 12.7 Å². The van der Waals surface area contributed by atoms with E-state index in [1.807, 2.05) is 10.9 Å². The number of nitrogen functional groups attached to an aromatic ring is 1. The first-order valence-electron chi connectivity index (χ1n) is 3.11. The van der Waals surface area contributed by atoms with Crippen LogP contribution in [0.3, 0.4) is 0 Å². The summed E-state index contributed by atoms with van der Waals surface area (Å²) >= 11 is 0. The van der Waals surface area contributed by atoms with Gasteiger partial charge in [-0.05, 0) is 6.42 Å². The fraction of sp³-hybridized carbons (Fsp3) is 0.500. The maximum atomic E-state index is 5.43. The van der Waals surface area contributed by atoms with Gasteiger partial charge in [-0.15, -0.1) is 0 Å². The zero-order chi connectivity index (χ0) is 6.69. The Hall–Kier alpha value is -0.990. The lowest BCUT2D eigenvalue weighted by atomic mass is 10.5. The number of nitrogens with two attached hydrogens (primary N) is 1. The summed E-state index contributed by atoms with van der Waals surface area (Å²) in [5, 5.41) is 4.00. The van der Waals surface area contributed by atoms with Crippen LogP contribution < -0.4 is 5.73 Å². The van der Waals surface area contributed by atoms with E-state index in [1.165, 1.54) is 0 Å². The van der Waals surface area contributed by atoms with Crippen LogP contribution in [0.25, 0.3) is 0 Å². The van der Waals surface area contributed by atoms with E-state index < -0.39 is 0 Å². The molecule has 9 heavy (non-hydrogen) atoms. The van der Waals surface area contributed by atoms with Gasteiger partial charge in [0.15, 0.2) is 0 Å². The highest BCUT2D eigenvalue weighted by molar-refractivity contribution is 5.30. The molecule has 1 rings (SSSR count). The molecule has 0 spiro atoms. The minimum atomic E-state index is 0.739. The third-order valence-corrected chi connectivity index (χ3v) is 1.11. The summed E-state index contributed by atoms with van der Waals surface area (Å²) < 4.78 is 1.84. The second-order valence-corrected chi connectivity index (χ2v) is 2.04. The molecule has 50 valence electrons. The number of aryl methyl sites for hydroxylation is 1. The monoisotopic (exact) mass is 125 g/mol. The van der Waals surface area contributed by atoms with E-state index in [0.29, 0.717) is 0 Å². The lowest BCUT2D eigenvalue weighted by molar-refractivity contribution is 0.603. The van der Waals surface area contributed by atoms with Crippen LogP contribution in [0.1, 0.15) is 13.3 Å². The van der Waals surface area contributed by atoms with Gasteiger partial charge < -0.3 is 5.73 Å². The Kier molecular flexibility index (Phi) is 1.72. The molecule has 0 aromatic carbocycles. The zero-order valence-corrected chi connectivity index (χ0v) is 5.54. The number of hydrogen-bond donors (Lipinski definition) is 1. The Bertz CT molecular complexity index is 180. The Balaban J connectivity index is 2.61. The van der Waals surface area contributed by atoms with E-state index in [-0.39, 0.29) is 0 Å². The van der Waals surface area contributed by atoms with E-state index >= 15 is 0 Å². The smallest absolute Gasteiger partial charge is 0.0719 e. The number of rotatable bonds is 2. The molecule has 0 saturated heterocycles. The Morgan fingerprint density at radius 2 is 2.56 bits per heavy atom. The number of nitrogens with zero attached hydrogens (tertiary/aromatic N) is 2. The van der Waals surface area contributed by atoms with Gasteiger partial charge in [0.2, 0.25) is 0 Å². The average Bonchev–Trinajstić information content (AvgIpc) is 2.17. The van der Waals surface area contributed by atoms with Crippen molar-refractivity contribution in [2.75, 3.05) is 5.73 Å². The van der Waals surface area contributed by atoms with Crippen molar-refractivity contribution in [3.8, 4) is 0 Å². The van der Waals surface area contributed by atoms with Crippen molar-refractivity contribution in [3.63, 3.8) is 0 Å². The molecule has 2 N–H and O–H groups in total. The first-order valence-corrected chi connectivity index (χ1v) is 3.11. The van der Waals surface area contributed by atoms with Gasteiger partial charge in [-0.3, -0.25) is 4.68 Å². The first-order chi connectivity index (χ1) is 4.33. The van der Waals surface area contributed by atoms with Crippen LogP contribution in [-0.4, -0.2) is 9.78 Å². The SMILES string of the molecule is CCCn1cc(N)cn1. The Labute approximate surface area is 54.5 Å². The van der Waals surface area contributed by atoms with Crippen LogP contribution in [0.5, 0.6) is 0 Å². The maximum Gasteiger partial charge on any atom is 0.0719 e. The molecule has 0 aliphatic rings. The molecule has 0 aliphatic carbocycles. The molecule has 3 nitrogen and oxygen atoms in total. The number of hydrogen-bond acceptors (Lipinski definition) is 2. The van der Waals surface area contributed by atoms with Gasteiger partial charge in [0.1, 0.15) is 0 Å². The predicted molar refractivity (Wildman–Crippen MR) is 36.9 cm³/mol. The molecule has 3 heteroatoms. The maximum absolute atomic E-state index is 5.43. The molecule has 0 radical (unpaired) electrons. The fourth-order valence-electron chi connectivity index (χ4n) is 0.731. The van der Waals surface area contributed by atoms with Crippen molar-refractivity contribution in [2.45, 2.75) is 19.9 Å². The van der Waals surface area contributed by atoms with Gasteiger partial charge in [0.05, 0.1) is 11.9 Å². The highest BCUT2D eigenvalue weighted by Gasteiger charge is 1.89. The Morgan fingerprint density at radius 1 is 1.78 bits per heavy atom. The zero-order valence-electron chi connectivity index (χ0n) is 5.54. The third-order valence-electron chi connectivity index (χ3n) is 1.11. The van der Waals surface area contributed by atoms with E-state index in [0.717, 1.165) is 18.7 Å². The van der Waals surface area contributed by atoms with E-state index in [1.54, 1.807) is 6.20 Å². The van der Waals surface area contributed by atoms with Gasteiger partial charge in [-0.2, -0.15) is 5.10 Å². The van der Waals surface area contributed by atoms with Gasteiger partial charge >= 0.3 is 0 Å². The Morgan fingerprint density at radius 3 is 3.00 bits per heavy atom. The molecule has 0 atom stereocenters. The standard InChI is InChI=1S/C6H11N3/c1-2-3-9-5-6(7)4-8-9/h4-5H,2-3,7H2,1H3. The third kappa shape index (κ3) is 1.45. The van der Waals surface area contributed by atoms with E-state index in [9.17, 15) is 0 Å².